The maximum atomic E-state index is 12.1. The van der Waals surface area contributed by atoms with Crippen LogP contribution in [0.25, 0.3) is 0 Å². The van der Waals surface area contributed by atoms with Gasteiger partial charge >= 0.3 is 0 Å². The van der Waals surface area contributed by atoms with E-state index in [0.717, 1.165) is 23.4 Å². The molecule has 0 spiro atoms. The maximum absolute atomic E-state index is 12.1. The van der Waals surface area contributed by atoms with E-state index in [2.05, 4.69) is 12.2 Å². The predicted octanol–water partition coefficient (Wildman–Crippen LogP) is 3.50. The van der Waals surface area contributed by atoms with Crippen LogP contribution in [0.15, 0.2) is 54.6 Å². The van der Waals surface area contributed by atoms with Crippen LogP contribution in [-0.2, 0) is 4.79 Å². The first-order valence-corrected chi connectivity index (χ1v) is 7.52. The van der Waals surface area contributed by atoms with E-state index in [-0.39, 0.29) is 18.4 Å². The van der Waals surface area contributed by atoms with Crippen molar-refractivity contribution in [1.29, 1.82) is 0 Å². The molecule has 0 aliphatic carbocycles. The largest absolute Gasteiger partial charge is 0.494 e. The number of carbonyl (C=O) groups is 1. The highest BCUT2D eigenvalue weighted by atomic mass is 16.5. The molecule has 2 aromatic rings. The van der Waals surface area contributed by atoms with Crippen molar-refractivity contribution in [2.75, 3.05) is 11.9 Å². The third-order valence-electron chi connectivity index (χ3n) is 3.22. The Balaban J connectivity index is 1.91. The molecule has 1 unspecified atom stereocenters. The molecular formula is C18H22N2O2. The standard InChI is InChI=1S/C18H22N2O2/c1-2-11-22-16-10-6-9-15(12-16)20-18(21)13-17(19)14-7-4-3-5-8-14/h3-10,12,17H,2,11,13,19H2,1H3,(H,20,21). The molecule has 1 atom stereocenters. The molecule has 0 saturated carbocycles. The van der Waals surface area contributed by atoms with Crippen molar-refractivity contribution in [2.45, 2.75) is 25.8 Å². The van der Waals surface area contributed by atoms with E-state index in [1.54, 1.807) is 0 Å². The van der Waals surface area contributed by atoms with Crippen LogP contribution in [0.5, 0.6) is 5.75 Å². The van der Waals surface area contributed by atoms with Crippen molar-refractivity contribution in [3.05, 3.63) is 60.2 Å². The number of benzene rings is 2. The minimum Gasteiger partial charge on any atom is -0.494 e. The minimum atomic E-state index is -0.305. The van der Waals surface area contributed by atoms with Crippen molar-refractivity contribution in [2.24, 2.45) is 5.73 Å². The van der Waals surface area contributed by atoms with Gasteiger partial charge in [0.25, 0.3) is 0 Å². The fourth-order valence-electron chi connectivity index (χ4n) is 2.11. The molecule has 4 heteroatoms. The van der Waals surface area contributed by atoms with Crippen molar-refractivity contribution >= 4 is 11.6 Å². The predicted molar refractivity (Wildman–Crippen MR) is 88.8 cm³/mol. The average molecular weight is 298 g/mol. The van der Waals surface area contributed by atoms with Crippen molar-refractivity contribution in [3.63, 3.8) is 0 Å². The Morgan fingerprint density at radius 2 is 1.95 bits per heavy atom. The van der Waals surface area contributed by atoms with Gasteiger partial charge in [0.1, 0.15) is 5.75 Å². The monoisotopic (exact) mass is 298 g/mol. The zero-order valence-electron chi connectivity index (χ0n) is 12.8. The molecule has 1 amide bonds. The second-order valence-corrected chi connectivity index (χ2v) is 5.15. The lowest BCUT2D eigenvalue weighted by molar-refractivity contribution is -0.116. The van der Waals surface area contributed by atoms with E-state index < -0.39 is 0 Å². The van der Waals surface area contributed by atoms with Crippen LogP contribution in [0.1, 0.15) is 31.4 Å². The molecule has 0 aromatic heterocycles. The van der Waals surface area contributed by atoms with Crippen LogP contribution in [0.3, 0.4) is 0 Å². The quantitative estimate of drug-likeness (QED) is 0.822. The number of amides is 1. The van der Waals surface area contributed by atoms with Crippen LogP contribution < -0.4 is 15.8 Å². The van der Waals surface area contributed by atoms with E-state index in [4.69, 9.17) is 10.5 Å². The van der Waals surface area contributed by atoms with Crippen LogP contribution in [-0.4, -0.2) is 12.5 Å². The maximum Gasteiger partial charge on any atom is 0.226 e. The molecule has 0 aliphatic heterocycles. The number of hydrogen-bond donors (Lipinski definition) is 2. The number of nitrogens with one attached hydrogen (secondary N) is 1. The summed E-state index contributed by atoms with van der Waals surface area (Å²) < 4.78 is 5.55. The second-order valence-electron chi connectivity index (χ2n) is 5.15. The zero-order chi connectivity index (χ0) is 15.8. The molecule has 116 valence electrons. The fraction of sp³-hybridized carbons (Fsp3) is 0.278. The van der Waals surface area contributed by atoms with Gasteiger partial charge in [-0.05, 0) is 24.1 Å². The SMILES string of the molecule is CCCOc1cccc(NC(=O)CC(N)c2ccccc2)c1. The first-order valence-electron chi connectivity index (χ1n) is 7.52. The highest BCUT2D eigenvalue weighted by molar-refractivity contribution is 5.91. The van der Waals surface area contributed by atoms with E-state index in [0.29, 0.717) is 6.61 Å². The Morgan fingerprint density at radius 1 is 1.18 bits per heavy atom. The molecule has 0 saturated heterocycles. The molecule has 0 bridgehead atoms. The summed E-state index contributed by atoms with van der Waals surface area (Å²) in [5.41, 5.74) is 7.74. The van der Waals surface area contributed by atoms with E-state index in [9.17, 15) is 4.79 Å². The van der Waals surface area contributed by atoms with E-state index in [1.165, 1.54) is 0 Å². The third-order valence-corrected chi connectivity index (χ3v) is 3.22. The number of rotatable bonds is 7. The van der Waals surface area contributed by atoms with Gasteiger partial charge < -0.3 is 15.8 Å². The molecular weight excluding hydrogens is 276 g/mol. The Kier molecular flexibility index (Phi) is 5.98. The lowest BCUT2D eigenvalue weighted by Crippen LogP contribution is -2.20. The topological polar surface area (TPSA) is 64.3 Å². The Morgan fingerprint density at radius 3 is 2.68 bits per heavy atom. The van der Waals surface area contributed by atoms with Gasteiger partial charge in [0, 0.05) is 24.2 Å². The summed E-state index contributed by atoms with van der Waals surface area (Å²) in [5.74, 6) is 0.649. The van der Waals surface area contributed by atoms with Gasteiger partial charge in [-0.1, -0.05) is 43.3 Å². The molecule has 2 aromatic carbocycles. The smallest absolute Gasteiger partial charge is 0.226 e. The normalized spacial score (nSPS) is 11.7. The summed E-state index contributed by atoms with van der Waals surface area (Å²) in [6.45, 7) is 2.72. The molecule has 0 aliphatic rings. The molecule has 3 N–H and O–H groups in total. The summed E-state index contributed by atoms with van der Waals surface area (Å²) in [6, 6.07) is 16.7. The van der Waals surface area contributed by atoms with E-state index >= 15 is 0 Å². The van der Waals surface area contributed by atoms with Gasteiger partial charge in [-0.3, -0.25) is 4.79 Å². The molecule has 0 heterocycles. The average Bonchev–Trinajstić information content (AvgIpc) is 2.54. The molecule has 4 nitrogen and oxygen atoms in total. The Bertz CT molecular complexity index is 599. The van der Waals surface area contributed by atoms with Crippen LogP contribution >= 0.6 is 0 Å². The Labute approximate surface area is 131 Å². The van der Waals surface area contributed by atoms with Gasteiger partial charge in [-0.15, -0.1) is 0 Å². The van der Waals surface area contributed by atoms with Gasteiger partial charge in [-0.25, -0.2) is 0 Å². The number of ether oxygens (including phenoxy) is 1. The van der Waals surface area contributed by atoms with Gasteiger partial charge in [0.05, 0.1) is 6.61 Å². The molecule has 22 heavy (non-hydrogen) atoms. The second kappa shape index (κ2) is 8.20. The Hall–Kier alpha value is -2.33. The van der Waals surface area contributed by atoms with Crippen LogP contribution in [0.2, 0.25) is 0 Å². The molecule has 0 fully saturated rings. The minimum absolute atomic E-state index is 0.107. The van der Waals surface area contributed by atoms with E-state index in [1.807, 2.05) is 54.6 Å². The summed E-state index contributed by atoms with van der Waals surface area (Å²) in [5, 5.41) is 2.86. The van der Waals surface area contributed by atoms with Crippen LogP contribution in [0.4, 0.5) is 5.69 Å². The molecule has 2 rings (SSSR count). The fourth-order valence-corrected chi connectivity index (χ4v) is 2.11. The molecule has 0 radical (unpaired) electrons. The first-order chi connectivity index (χ1) is 10.7. The van der Waals surface area contributed by atoms with Crippen molar-refractivity contribution in [1.82, 2.24) is 0 Å². The van der Waals surface area contributed by atoms with Crippen molar-refractivity contribution in [3.8, 4) is 5.75 Å². The van der Waals surface area contributed by atoms with Gasteiger partial charge in [0.15, 0.2) is 0 Å². The van der Waals surface area contributed by atoms with Crippen molar-refractivity contribution < 1.29 is 9.53 Å². The number of hydrogen-bond acceptors (Lipinski definition) is 3. The summed E-state index contributed by atoms with van der Waals surface area (Å²) in [6.07, 6.45) is 1.19. The number of anilines is 1. The number of nitrogens with two attached hydrogens (primary N) is 1. The number of carbonyl (C=O) groups excluding carboxylic acids is 1. The third kappa shape index (κ3) is 4.90. The summed E-state index contributed by atoms with van der Waals surface area (Å²) in [4.78, 5) is 12.1. The summed E-state index contributed by atoms with van der Waals surface area (Å²) >= 11 is 0. The first kappa shape index (κ1) is 16.0. The van der Waals surface area contributed by atoms with Crippen LogP contribution in [0, 0.1) is 0 Å². The lowest BCUT2D eigenvalue weighted by Gasteiger charge is -2.13. The lowest BCUT2D eigenvalue weighted by atomic mass is 10.0. The van der Waals surface area contributed by atoms with Gasteiger partial charge in [0.2, 0.25) is 5.91 Å². The summed E-state index contributed by atoms with van der Waals surface area (Å²) in [7, 11) is 0. The highest BCUT2D eigenvalue weighted by Gasteiger charge is 2.11. The zero-order valence-corrected chi connectivity index (χ0v) is 12.8. The van der Waals surface area contributed by atoms with Gasteiger partial charge in [-0.2, -0.15) is 0 Å². The highest BCUT2D eigenvalue weighted by Crippen LogP contribution is 2.19.